The van der Waals surface area contributed by atoms with Gasteiger partial charge in [-0.05, 0) is 0 Å². The van der Waals surface area contributed by atoms with Crippen molar-refractivity contribution in [2.45, 2.75) is 0 Å². The number of nitrogens with one attached hydrogen (secondary N) is 1. The van der Waals surface area contributed by atoms with Crippen LogP contribution in [0.3, 0.4) is 0 Å². The first kappa shape index (κ1) is 4.98. The topological polar surface area (TPSA) is 39.1 Å². The van der Waals surface area contributed by atoms with Crippen molar-refractivity contribution in [1.82, 2.24) is 10.2 Å². The van der Waals surface area contributed by atoms with Crippen LogP contribution >= 0.6 is 0 Å². The summed E-state index contributed by atoms with van der Waals surface area (Å²) < 4.78 is 0. The second-order valence-electron chi connectivity index (χ2n) is 1.70. The Kier molecular flexibility index (Phi) is 1.09. The maximum absolute atomic E-state index is 8.34. The molecule has 0 aromatic rings. The van der Waals surface area contributed by atoms with Gasteiger partial charge in [0, 0.05) is 13.2 Å². The van der Waals surface area contributed by atoms with E-state index in [2.05, 4.69) is 5.32 Å². The van der Waals surface area contributed by atoms with E-state index >= 15 is 0 Å². The minimum atomic E-state index is 0.699. The molecular weight excluding hydrogens is 102 g/mol. The van der Waals surface area contributed by atoms with E-state index in [0.717, 1.165) is 6.67 Å². The van der Waals surface area contributed by atoms with Crippen LogP contribution in [-0.2, 0) is 0 Å². The molecule has 0 fully saturated rings. The highest BCUT2D eigenvalue weighted by Crippen LogP contribution is 2.00. The highest BCUT2D eigenvalue weighted by Gasteiger charge is 2.06. The van der Waals surface area contributed by atoms with Crippen LogP contribution in [0, 0.1) is 11.3 Å². The Labute approximate surface area is 48.2 Å². The lowest BCUT2D eigenvalue weighted by Gasteiger charge is -2.06. The summed E-state index contributed by atoms with van der Waals surface area (Å²) in [5, 5.41) is 11.3. The van der Waals surface area contributed by atoms with Crippen molar-refractivity contribution in [1.29, 1.82) is 5.26 Å². The molecule has 0 aromatic heterocycles. The van der Waals surface area contributed by atoms with E-state index in [1.54, 1.807) is 6.20 Å². The molecule has 1 rings (SSSR count). The van der Waals surface area contributed by atoms with Crippen molar-refractivity contribution in [3.63, 3.8) is 0 Å². The van der Waals surface area contributed by atoms with E-state index in [1.165, 1.54) is 0 Å². The predicted octanol–water partition coefficient (Wildman–Crippen LogP) is -0.156. The summed E-state index contributed by atoms with van der Waals surface area (Å²) in [5.74, 6) is 0. The molecule has 1 N–H and O–H groups in total. The molecule has 0 atom stereocenters. The standard InChI is InChI=1S/C5H7N3/c1-8-4-7-3-5(8)2-6/h3,7H,4H2,1H3. The Morgan fingerprint density at radius 2 is 2.75 bits per heavy atom. The smallest absolute Gasteiger partial charge is 0.133 e. The summed E-state index contributed by atoms with van der Waals surface area (Å²) in [5.41, 5.74) is 0.699. The molecule has 1 heterocycles. The van der Waals surface area contributed by atoms with Crippen molar-refractivity contribution in [3.8, 4) is 6.07 Å². The SMILES string of the molecule is CN1CNC=C1C#N. The van der Waals surface area contributed by atoms with Crippen LogP contribution in [-0.4, -0.2) is 18.6 Å². The lowest BCUT2D eigenvalue weighted by Crippen LogP contribution is -2.17. The summed E-state index contributed by atoms with van der Waals surface area (Å²) in [6.07, 6.45) is 1.71. The highest BCUT2D eigenvalue weighted by molar-refractivity contribution is 5.20. The third kappa shape index (κ3) is 0.604. The first-order chi connectivity index (χ1) is 3.84. The molecule has 0 saturated heterocycles. The Morgan fingerprint density at radius 3 is 3.00 bits per heavy atom. The van der Waals surface area contributed by atoms with Crippen LogP contribution in [0.1, 0.15) is 0 Å². The zero-order chi connectivity index (χ0) is 5.98. The van der Waals surface area contributed by atoms with Gasteiger partial charge in [0.05, 0.1) is 6.67 Å². The van der Waals surface area contributed by atoms with Crippen molar-refractivity contribution in [2.75, 3.05) is 13.7 Å². The number of hydrogen-bond acceptors (Lipinski definition) is 3. The second kappa shape index (κ2) is 1.74. The van der Waals surface area contributed by atoms with E-state index in [4.69, 9.17) is 5.26 Å². The highest BCUT2D eigenvalue weighted by atomic mass is 15.2. The fourth-order valence-electron chi connectivity index (χ4n) is 0.592. The predicted molar refractivity (Wildman–Crippen MR) is 29.5 cm³/mol. The van der Waals surface area contributed by atoms with E-state index in [-0.39, 0.29) is 0 Å². The molecule has 0 amide bonds. The van der Waals surface area contributed by atoms with E-state index in [0.29, 0.717) is 5.70 Å². The average Bonchev–Trinajstić information content (AvgIpc) is 2.14. The summed E-state index contributed by atoms with van der Waals surface area (Å²) in [4.78, 5) is 1.85. The molecule has 8 heavy (non-hydrogen) atoms. The van der Waals surface area contributed by atoms with Gasteiger partial charge >= 0.3 is 0 Å². The monoisotopic (exact) mass is 109 g/mol. The van der Waals surface area contributed by atoms with Crippen molar-refractivity contribution >= 4 is 0 Å². The molecule has 0 bridgehead atoms. The Hall–Kier alpha value is -1.17. The van der Waals surface area contributed by atoms with Gasteiger partial charge in [-0.15, -0.1) is 0 Å². The van der Waals surface area contributed by atoms with Gasteiger partial charge in [0.2, 0.25) is 0 Å². The number of rotatable bonds is 0. The van der Waals surface area contributed by atoms with E-state index in [1.807, 2.05) is 18.0 Å². The number of allylic oxidation sites excluding steroid dienone is 1. The normalized spacial score (nSPS) is 17.0. The van der Waals surface area contributed by atoms with Crippen LogP contribution in [0.15, 0.2) is 11.9 Å². The van der Waals surface area contributed by atoms with Gasteiger partial charge in [0.1, 0.15) is 11.8 Å². The van der Waals surface area contributed by atoms with Gasteiger partial charge in [-0.25, -0.2) is 0 Å². The van der Waals surface area contributed by atoms with Gasteiger partial charge < -0.3 is 10.2 Å². The lowest BCUT2D eigenvalue weighted by molar-refractivity contribution is 0.455. The maximum Gasteiger partial charge on any atom is 0.133 e. The third-order valence-electron chi connectivity index (χ3n) is 1.09. The molecular formula is C5H7N3. The van der Waals surface area contributed by atoms with Gasteiger partial charge in [0.15, 0.2) is 0 Å². The molecule has 3 heteroatoms. The minimum absolute atomic E-state index is 0.699. The van der Waals surface area contributed by atoms with Gasteiger partial charge in [-0.1, -0.05) is 0 Å². The summed E-state index contributed by atoms with van der Waals surface area (Å²) in [6, 6.07) is 2.04. The Balaban J connectivity index is 2.66. The first-order valence-electron chi connectivity index (χ1n) is 2.39. The molecule has 0 spiro atoms. The second-order valence-corrected chi connectivity index (χ2v) is 1.70. The van der Waals surface area contributed by atoms with Crippen LogP contribution < -0.4 is 5.32 Å². The van der Waals surface area contributed by atoms with Crippen molar-refractivity contribution < 1.29 is 0 Å². The van der Waals surface area contributed by atoms with Gasteiger partial charge in [-0.3, -0.25) is 0 Å². The number of nitriles is 1. The molecule has 1 aliphatic rings. The van der Waals surface area contributed by atoms with Gasteiger partial charge in [-0.2, -0.15) is 5.26 Å². The zero-order valence-electron chi connectivity index (χ0n) is 4.68. The quantitative estimate of drug-likeness (QED) is 0.470. The molecule has 0 aromatic carbocycles. The molecule has 0 unspecified atom stereocenters. The fourth-order valence-corrected chi connectivity index (χ4v) is 0.592. The Bertz CT molecular complexity index is 154. The molecule has 0 saturated carbocycles. The maximum atomic E-state index is 8.34. The number of nitrogens with zero attached hydrogens (tertiary/aromatic N) is 2. The molecule has 0 radical (unpaired) electrons. The zero-order valence-corrected chi connectivity index (χ0v) is 4.68. The van der Waals surface area contributed by atoms with Crippen molar-refractivity contribution in [2.24, 2.45) is 0 Å². The minimum Gasteiger partial charge on any atom is -0.371 e. The summed E-state index contributed by atoms with van der Waals surface area (Å²) in [7, 11) is 1.87. The number of hydrogen-bond donors (Lipinski definition) is 1. The van der Waals surface area contributed by atoms with Crippen LogP contribution in [0.4, 0.5) is 0 Å². The summed E-state index contributed by atoms with van der Waals surface area (Å²) >= 11 is 0. The van der Waals surface area contributed by atoms with Crippen molar-refractivity contribution in [3.05, 3.63) is 11.9 Å². The summed E-state index contributed by atoms with van der Waals surface area (Å²) in [6.45, 7) is 0.753. The molecule has 42 valence electrons. The molecule has 3 nitrogen and oxygen atoms in total. The molecule has 0 aliphatic carbocycles. The lowest BCUT2D eigenvalue weighted by atomic mass is 10.5. The first-order valence-corrected chi connectivity index (χ1v) is 2.39. The fraction of sp³-hybridized carbons (Fsp3) is 0.400. The van der Waals surface area contributed by atoms with Gasteiger partial charge in [0.25, 0.3) is 0 Å². The van der Waals surface area contributed by atoms with Crippen LogP contribution in [0.2, 0.25) is 0 Å². The van der Waals surface area contributed by atoms with E-state index < -0.39 is 0 Å². The molecule has 1 aliphatic heterocycles. The Morgan fingerprint density at radius 1 is 2.00 bits per heavy atom. The van der Waals surface area contributed by atoms with E-state index in [9.17, 15) is 0 Å². The average molecular weight is 109 g/mol. The van der Waals surface area contributed by atoms with Crippen LogP contribution in [0.25, 0.3) is 0 Å². The third-order valence-corrected chi connectivity index (χ3v) is 1.09. The van der Waals surface area contributed by atoms with Crippen LogP contribution in [0.5, 0.6) is 0 Å². The largest absolute Gasteiger partial charge is 0.371 e.